The third-order valence-electron chi connectivity index (χ3n) is 8.75. The minimum Gasteiger partial charge on any atom is -0.494 e. The molecule has 41 heavy (non-hydrogen) atoms. The fourth-order valence-electron chi connectivity index (χ4n) is 6.40. The Balaban J connectivity index is 1.09. The molecule has 210 valence electrons. The van der Waals surface area contributed by atoms with Crippen molar-refractivity contribution >= 4 is 52.0 Å². The summed E-state index contributed by atoms with van der Waals surface area (Å²) >= 11 is 13.0. The van der Waals surface area contributed by atoms with Crippen LogP contribution in [0.25, 0.3) is 28.2 Å². The molecule has 0 bridgehead atoms. The van der Waals surface area contributed by atoms with E-state index < -0.39 is 5.97 Å². The van der Waals surface area contributed by atoms with Gasteiger partial charge in [-0.15, -0.1) is 0 Å². The highest BCUT2D eigenvalue weighted by Gasteiger charge is 2.43. The first-order chi connectivity index (χ1) is 19.9. The number of aromatic carboxylic acids is 1. The number of halogens is 2. The summed E-state index contributed by atoms with van der Waals surface area (Å²) in [6.45, 7) is 1.78. The molecular weight excluding hydrogens is 563 g/mol. The molecule has 3 aromatic heterocycles. The first-order valence-corrected chi connectivity index (χ1v) is 14.6. The zero-order valence-electron chi connectivity index (χ0n) is 22.5. The number of fused-ring (bicyclic) bond motifs is 1. The van der Waals surface area contributed by atoms with Crippen LogP contribution in [0.4, 0.5) is 5.82 Å². The Bertz CT molecular complexity index is 1690. The predicted molar refractivity (Wildman–Crippen MR) is 158 cm³/mol. The average Bonchev–Trinajstić information content (AvgIpc) is 3.72. The molecule has 2 saturated carbocycles. The maximum Gasteiger partial charge on any atom is 0.336 e. The first kappa shape index (κ1) is 26.3. The summed E-state index contributed by atoms with van der Waals surface area (Å²) in [6.07, 6.45) is 11.8. The molecule has 0 atom stereocenters. The molecule has 0 amide bonds. The lowest BCUT2D eigenvalue weighted by atomic mass is 9.60. The number of hydrogen-bond acceptors (Lipinski definition) is 7. The Hall–Kier alpha value is -3.62. The van der Waals surface area contributed by atoms with Crippen molar-refractivity contribution in [2.45, 2.75) is 44.4 Å². The summed E-state index contributed by atoms with van der Waals surface area (Å²) in [6, 6.07) is 6.99. The van der Waals surface area contributed by atoms with Gasteiger partial charge in [0, 0.05) is 47.9 Å². The first-order valence-electron chi connectivity index (χ1n) is 13.8. The molecule has 2 aliphatic carbocycles. The molecule has 7 rings (SSSR count). The van der Waals surface area contributed by atoms with E-state index in [4.69, 9.17) is 37.4 Å². The number of nitrogens with zero attached hydrogens (tertiary/aromatic N) is 4. The molecule has 1 spiro atoms. The zero-order chi connectivity index (χ0) is 28.3. The molecular formula is C31H28Cl2N4O4. The van der Waals surface area contributed by atoms with Gasteiger partial charge in [-0.1, -0.05) is 33.9 Å². The Morgan fingerprint density at radius 1 is 1.12 bits per heavy atom. The highest BCUT2D eigenvalue weighted by atomic mass is 35.5. The number of rotatable bonds is 6. The monoisotopic (exact) mass is 590 g/mol. The van der Waals surface area contributed by atoms with E-state index in [1.165, 1.54) is 5.57 Å². The maximum absolute atomic E-state index is 11.7. The Morgan fingerprint density at radius 3 is 2.51 bits per heavy atom. The minimum atomic E-state index is -0.976. The van der Waals surface area contributed by atoms with E-state index in [0.29, 0.717) is 43.9 Å². The summed E-state index contributed by atoms with van der Waals surface area (Å²) in [5.74, 6) is 1.77. The van der Waals surface area contributed by atoms with Gasteiger partial charge < -0.3 is 19.3 Å². The van der Waals surface area contributed by atoms with Gasteiger partial charge in [-0.3, -0.25) is 4.98 Å². The van der Waals surface area contributed by atoms with Crippen LogP contribution in [0.15, 0.2) is 46.8 Å². The molecule has 3 aliphatic rings. The lowest BCUT2D eigenvalue weighted by Crippen LogP contribution is -2.44. The van der Waals surface area contributed by atoms with Gasteiger partial charge in [0.2, 0.25) is 0 Å². The second kappa shape index (κ2) is 10.0. The van der Waals surface area contributed by atoms with Crippen LogP contribution in [0.5, 0.6) is 5.75 Å². The SMILES string of the molecule is COc1ccc(C(=O)O)c2ccc(N3CCC4(CC3)CC(=Cc3c(-c5c(Cl)cncc5Cl)noc3C3CC3)C4)nc12. The number of hydrogen-bond donors (Lipinski definition) is 1. The lowest BCUT2D eigenvalue weighted by molar-refractivity contribution is 0.0699. The molecule has 3 fully saturated rings. The summed E-state index contributed by atoms with van der Waals surface area (Å²) in [4.78, 5) is 22.9. The summed E-state index contributed by atoms with van der Waals surface area (Å²) in [5, 5.41) is 15.5. The van der Waals surface area contributed by atoms with Crippen LogP contribution in [0.1, 0.15) is 66.1 Å². The van der Waals surface area contributed by atoms with Crippen molar-refractivity contribution in [2.75, 3.05) is 25.1 Å². The number of pyridine rings is 2. The highest BCUT2D eigenvalue weighted by molar-refractivity contribution is 6.39. The molecule has 4 heterocycles. The number of allylic oxidation sites excluding steroid dienone is 1. The molecule has 1 aliphatic heterocycles. The smallest absolute Gasteiger partial charge is 0.336 e. The molecule has 1 N–H and O–H groups in total. The van der Waals surface area contributed by atoms with Gasteiger partial charge in [-0.2, -0.15) is 0 Å². The Morgan fingerprint density at radius 2 is 1.85 bits per heavy atom. The van der Waals surface area contributed by atoms with Crippen LogP contribution in [-0.2, 0) is 0 Å². The largest absolute Gasteiger partial charge is 0.494 e. The van der Waals surface area contributed by atoms with Gasteiger partial charge in [-0.05, 0) is 74.3 Å². The number of carbonyl (C=O) groups is 1. The number of benzene rings is 1. The topological polar surface area (TPSA) is 102 Å². The summed E-state index contributed by atoms with van der Waals surface area (Å²) < 4.78 is 11.3. The van der Waals surface area contributed by atoms with E-state index in [0.717, 1.165) is 68.8 Å². The van der Waals surface area contributed by atoms with Crippen molar-refractivity contribution < 1.29 is 19.2 Å². The van der Waals surface area contributed by atoms with Crippen molar-refractivity contribution in [3.63, 3.8) is 0 Å². The van der Waals surface area contributed by atoms with Crippen molar-refractivity contribution in [1.29, 1.82) is 0 Å². The quantitative estimate of drug-likeness (QED) is 0.244. The van der Waals surface area contributed by atoms with E-state index in [1.54, 1.807) is 31.6 Å². The van der Waals surface area contributed by atoms with E-state index in [9.17, 15) is 9.90 Å². The van der Waals surface area contributed by atoms with Crippen molar-refractivity contribution in [2.24, 2.45) is 5.41 Å². The van der Waals surface area contributed by atoms with Gasteiger partial charge in [0.05, 0.1) is 22.7 Å². The van der Waals surface area contributed by atoms with E-state index >= 15 is 0 Å². The zero-order valence-corrected chi connectivity index (χ0v) is 24.0. The molecule has 10 heteroatoms. The summed E-state index contributed by atoms with van der Waals surface area (Å²) in [5.41, 5.74) is 4.82. The number of anilines is 1. The standard InChI is InChI=1S/C31H28Cl2N4O4/c1-40-24-6-4-20(30(38)39)19-5-7-25(35-27(19)24)37-10-8-31(9-11-37)13-17(14-31)12-21-28(36-41-29(21)18-2-3-18)26-22(32)15-34-16-23(26)33/h4-7,12,15-16,18H,2-3,8-11,13-14H2,1H3,(H,38,39). The maximum atomic E-state index is 11.7. The van der Waals surface area contributed by atoms with Crippen molar-refractivity contribution in [1.82, 2.24) is 15.1 Å². The van der Waals surface area contributed by atoms with Gasteiger partial charge in [0.15, 0.2) is 0 Å². The van der Waals surface area contributed by atoms with Crippen LogP contribution in [0.2, 0.25) is 10.0 Å². The van der Waals surface area contributed by atoms with Gasteiger partial charge >= 0.3 is 5.97 Å². The Kier molecular flexibility index (Phi) is 6.43. The molecule has 0 radical (unpaired) electrons. The van der Waals surface area contributed by atoms with Gasteiger partial charge in [-0.25, -0.2) is 9.78 Å². The minimum absolute atomic E-state index is 0.223. The fourth-order valence-corrected chi connectivity index (χ4v) is 6.94. The number of ether oxygens (including phenoxy) is 1. The number of carboxylic acid groups (broad SMARTS) is 1. The molecule has 8 nitrogen and oxygen atoms in total. The second-order valence-electron chi connectivity index (χ2n) is 11.4. The third-order valence-corrected chi connectivity index (χ3v) is 9.32. The average molecular weight is 591 g/mol. The lowest BCUT2D eigenvalue weighted by Gasteiger charge is -2.49. The van der Waals surface area contributed by atoms with Crippen LogP contribution >= 0.6 is 23.2 Å². The third kappa shape index (κ3) is 4.63. The van der Waals surface area contributed by atoms with Gasteiger partial charge in [0.25, 0.3) is 0 Å². The molecule has 1 aromatic carbocycles. The van der Waals surface area contributed by atoms with Crippen LogP contribution in [0.3, 0.4) is 0 Å². The van der Waals surface area contributed by atoms with Crippen molar-refractivity contribution in [3.8, 4) is 17.0 Å². The van der Waals surface area contributed by atoms with E-state index in [1.807, 2.05) is 12.1 Å². The molecule has 1 saturated heterocycles. The van der Waals surface area contributed by atoms with Crippen LogP contribution < -0.4 is 9.64 Å². The summed E-state index contributed by atoms with van der Waals surface area (Å²) in [7, 11) is 1.58. The number of carboxylic acids is 1. The van der Waals surface area contributed by atoms with Crippen molar-refractivity contribution in [3.05, 3.63) is 69.2 Å². The van der Waals surface area contributed by atoms with Gasteiger partial charge in [0.1, 0.15) is 28.5 Å². The van der Waals surface area contributed by atoms with Crippen LogP contribution in [-0.4, -0.2) is 46.4 Å². The van der Waals surface area contributed by atoms with E-state index in [2.05, 4.69) is 21.1 Å². The molecule has 4 aromatic rings. The van der Waals surface area contributed by atoms with E-state index in [-0.39, 0.29) is 11.0 Å². The Labute approximate surface area is 246 Å². The predicted octanol–water partition coefficient (Wildman–Crippen LogP) is 7.64. The normalized spacial score (nSPS) is 18.0. The second-order valence-corrected chi connectivity index (χ2v) is 12.2. The fraction of sp³-hybridized carbons (Fsp3) is 0.355. The number of methoxy groups -OCH3 is 1. The number of aromatic nitrogens is 3. The highest BCUT2D eigenvalue weighted by Crippen LogP contribution is 2.54. The van der Waals surface area contributed by atoms with Crippen LogP contribution in [0, 0.1) is 5.41 Å². The molecule has 0 unspecified atom stereocenters. The number of piperidine rings is 1.